The third-order valence-corrected chi connectivity index (χ3v) is 4.38. The Labute approximate surface area is 164 Å². The predicted octanol–water partition coefficient (Wildman–Crippen LogP) is 4.76. The number of benzene rings is 3. The average molecular weight is 374 g/mol. The number of hydrogen-bond acceptors (Lipinski definition) is 3. The minimum absolute atomic E-state index is 0.216. The smallest absolute Gasteiger partial charge is 0.255 e. The fraction of sp³-hybridized carbons (Fsp3) is 0.130. The number of aryl methyl sites for hydroxylation is 1. The normalized spacial score (nSPS) is 10.2. The predicted molar refractivity (Wildman–Crippen MR) is 111 cm³/mol. The average Bonchev–Trinajstić information content (AvgIpc) is 2.75. The molecule has 0 radical (unpaired) electrons. The molecule has 2 amide bonds. The van der Waals surface area contributed by atoms with Gasteiger partial charge in [-0.3, -0.25) is 9.59 Å². The Kier molecular flexibility index (Phi) is 6.07. The molecule has 0 aliphatic heterocycles. The fourth-order valence-electron chi connectivity index (χ4n) is 2.68. The van der Waals surface area contributed by atoms with Crippen LogP contribution < -0.4 is 15.4 Å². The van der Waals surface area contributed by atoms with Gasteiger partial charge in [-0.1, -0.05) is 19.1 Å². The van der Waals surface area contributed by atoms with E-state index in [4.69, 9.17) is 4.74 Å². The van der Waals surface area contributed by atoms with Gasteiger partial charge in [0.05, 0.1) is 7.11 Å². The van der Waals surface area contributed by atoms with Gasteiger partial charge >= 0.3 is 0 Å². The van der Waals surface area contributed by atoms with Crippen LogP contribution in [0.1, 0.15) is 33.2 Å². The third kappa shape index (κ3) is 4.76. The second-order valence-corrected chi connectivity index (χ2v) is 6.26. The first-order chi connectivity index (χ1) is 13.6. The van der Waals surface area contributed by atoms with Crippen LogP contribution in [0.4, 0.5) is 11.4 Å². The van der Waals surface area contributed by atoms with Crippen molar-refractivity contribution in [2.45, 2.75) is 13.3 Å². The van der Waals surface area contributed by atoms with E-state index in [2.05, 4.69) is 17.6 Å². The summed E-state index contributed by atoms with van der Waals surface area (Å²) in [6, 6.07) is 21.4. The van der Waals surface area contributed by atoms with Crippen LogP contribution in [0.15, 0.2) is 72.8 Å². The van der Waals surface area contributed by atoms with Crippen LogP contribution in [0.2, 0.25) is 0 Å². The highest BCUT2D eigenvalue weighted by Gasteiger charge is 2.10. The van der Waals surface area contributed by atoms with Crippen molar-refractivity contribution in [1.82, 2.24) is 0 Å². The number of hydrogen-bond donors (Lipinski definition) is 2. The van der Waals surface area contributed by atoms with Crippen molar-refractivity contribution in [3.63, 3.8) is 0 Å². The lowest BCUT2D eigenvalue weighted by Crippen LogP contribution is -2.14. The first kappa shape index (κ1) is 19.2. The van der Waals surface area contributed by atoms with Gasteiger partial charge in [-0.05, 0) is 72.6 Å². The summed E-state index contributed by atoms with van der Waals surface area (Å²) in [4.78, 5) is 24.7. The van der Waals surface area contributed by atoms with E-state index in [1.54, 1.807) is 55.6 Å². The molecule has 2 N–H and O–H groups in total. The van der Waals surface area contributed by atoms with E-state index in [0.29, 0.717) is 16.8 Å². The second kappa shape index (κ2) is 8.86. The molecule has 142 valence electrons. The van der Waals surface area contributed by atoms with Gasteiger partial charge in [0.15, 0.2) is 0 Å². The molecule has 0 unspecified atom stereocenters. The summed E-state index contributed by atoms with van der Waals surface area (Å²) in [6.45, 7) is 2.08. The van der Waals surface area contributed by atoms with Crippen molar-refractivity contribution in [1.29, 1.82) is 0 Å². The molecule has 3 rings (SSSR count). The van der Waals surface area contributed by atoms with Crippen molar-refractivity contribution >= 4 is 23.2 Å². The molecule has 3 aromatic rings. The summed E-state index contributed by atoms with van der Waals surface area (Å²) in [7, 11) is 1.59. The van der Waals surface area contributed by atoms with Crippen molar-refractivity contribution in [3.05, 3.63) is 89.5 Å². The molecule has 0 aliphatic rings. The zero-order valence-electron chi connectivity index (χ0n) is 15.9. The SMILES string of the molecule is CCc1ccc(NC(=O)c2ccc(C(=O)Nc3ccc(OC)cc3)cc2)cc1. The van der Waals surface area contributed by atoms with Gasteiger partial charge in [0.25, 0.3) is 11.8 Å². The molecular formula is C23H22N2O3. The molecule has 3 aromatic carbocycles. The van der Waals surface area contributed by atoms with Gasteiger partial charge < -0.3 is 15.4 Å². The monoisotopic (exact) mass is 374 g/mol. The van der Waals surface area contributed by atoms with Crippen LogP contribution in [0, 0.1) is 0 Å². The summed E-state index contributed by atoms with van der Waals surface area (Å²) in [6.07, 6.45) is 0.953. The van der Waals surface area contributed by atoms with Crippen LogP contribution in [0.3, 0.4) is 0 Å². The molecule has 0 spiro atoms. The standard InChI is InChI=1S/C23H22N2O3/c1-3-16-4-10-19(11-5-16)24-22(26)17-6-8-18(9-7-17)23(27)25-20-12-14-21(28-2)15-13-20/h4-15H,3H2,1-2H3,(H,24,26)(H,25,27). The number of nitrogens with one attached hydrogen (secondary N) is 2. The molecule has 0 bridgehead atoms. The minimum Gasteiger partial charge on any atom is -0.497 e. The highest BCUT2D eigenvalue weighted by molar-refractivity contribution is 6.07. The molecule has 28 heavy (non-hydrogen) atoms. The number of rotatable bonds is 6. The van der Waals surface area contributed by atoms with Crippen molar-refractivity contribution in [2.75, 3.05) is 17.7 Å². The van der Waals surface area contributed by atoms with Gasteiger partial charge in [-0.25, -0.2) is 0 Å². The van der Waals surface area contributed by atoms with E-state index in [1.807, 2.05) is 24.3 Å². The third-order valence-electron chi connectivity index (χ3n) is 4.38. The summed E-state index contributed by atoms with van der Waals surface area (Å²) in [5.41, 5.74) is 3.58. The molecule has 0 fully saturated rings. The number of ether oxygens (including phenoxy) is 1. The Balaban J connectivity index is 1.62. The minimum atomic E-state index is -0.243. The number of anilines is 2. The zero-order chi connectivity index (χ0) is 19.9. The maximum absolute atomic E-state index is 12.4. The van der Waals surface area contributed by atoms with E-state index in [-0.39, 0.29) is 11.8 Å². The van der Waals surface area contributed by atoms with E-state index in [1.165, 1.54) is 5.56 Å². The summed E-state index contributed by atoms with van der Waals surface area (Å²) in [5.74, 6) is 0.260. The van der Waals surface area contributed by atoms with E-state index in [9.17, 15) is 9.59 Å². The molecule has 5 heteroatoms. The van der Waals surface area contributed by atoms with E-state index in [0.717, 1.165) is 17.9 Å². The Hall–Kier alpha value is -3.60. The molecule has 0 aromatic heterocycles. The molecule has 5 nitrogen and oxygen atoms in total. The highest BCUT2D eigenvalue weighted by atomic mass is 16.5. The summed E-state index contributed by atoms with van der Waals surface area (Å²) in [5, 5.41) is 5.67. The van der Waals surface area contributed by atoms with Gasteiger partial charge in [0.1, 0.15) is 5.75 Å². The quantitative estimate of drug-likeness (QED) is 0.653. The van der Waals surface area contributed by atoms with Crippen molar-refractivity contribution in [3.8, 4) is 5.75 Å². The maximum Gasteiger partial charge on any atom is 0.255 e. The van der Waals surface area contributed by atoms with Crippen molar-refractivity contribution < 1.29 is 14.3 Å². The molecule has 0 atom stereocenters. The molecule has 0 saturated carbocycles. The zero-order valence-corrected chi connectivity index (χ0v) is 15.9. The Morgan fingerprint density at radius 1 is 0.714 bits per heavy atom. The van der Waals surface area contributed by atoms with Crippen LogP contribution in [0.5, 0.6) is 5.75 Å². The van der Waals surface area contributed by atoms with E-state index >= 15 is 0 Å². The van der Waals surface area contributed by atoms with Gasteiger partial charge in [-0.2, -0.15) is 0 Å². The number of carbonyl (C=O) groups excluding carboxylic acids is 2. The Bertz CT molecular complexity index is 866. The van der Waals surface area contributed by atoms with Crippen LogP contribution in [-0.4, -0.2) is 18.9 Å². The number of carbonyl (C=O) groups is 2. The molecular weight excluding hydrogens is 352 g/mol. The van der Waals surface area contributed by atoms with Crippen LogP contribution in [0.25, 0.3) is 0 Å². The van der Waals surface area contributed by atoms with Crippen LogP contribution in [-0.2, 0) is 6.42 Å². The number of amides is 2. The lowest BCUT2D eigenvalue weighted by molar-refractivity contribution is 0.101. The van der Waals surface area contributed by atoms with E-state index < -0.39 is 0 Å². The first-order valence-electron chi connectivity index (χ1n) is 9.05. The highest BCUT2D eigenvalue weighted by Crippen LogP contribution is 2.17. The van der Waals surface area contributed by atoms with Gasteiger partial charge in [-0.15, -0.1) is 0 Å². The number of methoxy groups -OCH3 is 1. The maximum atomic E-state index is 12.4. The fourth-order valence-corrected chi connectivity index (χ4v) is 2.68. The lowest BCUT2D eigenvalue weighted by atomic mass is 10.1. The Morgan fingerprint density at radius 3 is 1.54 bits per heavy atom. The topological polar surface area (TPSA) is 67.4 Å². The second-order valence-electron chi connectivity index (χ2n) is 6.26. The summed E-state index contributed by atoms with van der Waals surface area (Å²) >= 11 is 0. The molecule has 0 saturated heterocycles. The Morgan fingerprint density at radius 2 is 1.14 bits per heavy atom. The largest absolute Gasteiger partial charge is 0.497 e. The first-order valence-corrected chi connectivity index (χ1v) is 9.05. The van der Waals surface area contributed by atoms with Gasteiger partial charge in [0, 0.05) is 22.5 Å². The van der Waals surface area contributed by atoms with Crippen LogP contribution >= 0.6 is 0 Å². The van der Waals surface area contributed by atoms with Gasteiger partial charge in [0.2, 0.25) is 0 Å². The van der Waals surface area contributed by atoms with Crippen molar-refractivity contribution in [2.24, 2.45) is 0 Å². The summed E-state index contributed by atoms with van der Waals surface area (Å²) < 4.78 is 5.10. The molecule has 0 aliphatic carbocycles. The molecule has 0 heterocycles. The lowest BCUT2D eigenvalue weighted by Gasteiger charge is -2.08.